The molecule has 1 saturated heterocycles. The Balaban J connectivity index is 0.00000337. The summed E-state index contributed by atoms with van der Waals surface area (Å²) in [6, 6.07) is 14.3. The molecule has 0 amide bonds. The largest absolute Gasteiger partial charge is 1.00 e. The number of hydrogen-bond donors (Lipinski definition) is 0. The zero-order chi connectivity index (χ0) is 27.8. The maximum atomic E-state index is 14.9. The molecule has 2 aromatic carbocycles. The van der Waals surface area contributed by atoms with Crippen LogP contribution in [0.4, 0.5) is 4.39 Å². The Morgan fingerprint density at radius 2 is 1.88 bits per heavy atom. The maximum Gasteiger partial charge on any atom is 1.00 e. The molecule has 1 saturated carbocycles. The molecule has 1 aromatic heterocycles. The van der Waals surface area contributed by atoms with E-state index >= 15 is 0 Å². The van der Waals surface area contributed by atoms with Crippen LogP contribution in [-0.4, -0.2) is 42.2 Å². The van der Waals surface area contributed by atoms with Crippen LogP contribution in [0.1, 0.15) is 66.2 Å². The van der Waals surface area contributed by atoms with Crippen LogP contribution >= 0.6 is 0 Å². The van der Waals surface area contributed by atoms with Gasteiger partial charge in [0.15, 0.2) is 0 Å². The molecule has 0 N–H and O–H groups in total. The number of morpholine rings is 1. The van der Waals surface area contributed by atoms with E-state index in [2.05, 4.69) is 40.2 Å². The van der Waals surface area contributed by atoms with Crippen LogP contribution in [0.15, 0.2) is 48.7 Å². The molecule has 0 bridgehead atoms. The van der Waals surface area contributed by atoms with Crippen molar-refractivity contribution in [3.8, 4) is 16.9 Å². The van der Waals surface area contributed by atoms with Gasteiger partial charge in [-0.15, -0.1) is 0 Å². The Kier molecular flexibility index (Phi) is 9.51. The smallest absolute Gasteiger partial charge is 0.550 e. The van der Waals surface area contributed by atoms with Crippen LogP contribution in [0.25, 0.3) is 11.1 Å². The van der Waals surface area contributed by atoms with E-state index in [1.54, 1.807) is 6.92 Å². The van der Waals surface area contributed by atoms with Crippen LogP contribution in [0.5, 0.6) is 5.75 Å². The summed E-state index contributed by atoms with van der Waals surface area (Å²) in [5.41, 5.74) is 6.51. The summed E-state index contributed by atoms with van der Waals surface area (Å²) >= 11 is 0. The van der Waals surface area contributed by atoms with Gasteiger partial charge in [0, 0.05) is 42.8 Å². The molecule has 3 heterocycles. The fourth-order valence-corrected chi connectivity index (χ4v) is 6.36. The van der Waals surface area contributed by atoms with Gasteiger partial charge in [0.25, 0.3) is 0 Å². The summed E-state index contributed by atoms with van der Waals surface area (Å²) in [6.45, 7) is 7.40. The Morgan fingerprint density at radius 1 is 1.10 bits per heavy atom. The molecule has 3 aliphatic rings. The second-order valence-electron chi connectivity index (χ2n) is 11.6. The van der Waals surface area contributed by atoms with Gasteiger partial charge >= 0.3 is 29.6 Å². The number of rotatable bonds is 8. The summed E-state index contributed by atoms with van der Waals surface area (Å²) in [4.78, 5) is 18.2. The monoisotopic (exact) mass is 566 g/mol. The molecule has 210 valence electrons. The number of aliphatic carboxylic acids is 1. The number of ether oxygens (including phenoxy) is 2. The van der Waals surface area contributed by atoms with Gasteiger partial charge < -0.3 is 19.4 Å². The summed E-state index contributed by atoms with van der Waals surface area (Å²) in [5.74, 6) is -0.706. The molecule has 1 aliphatic carbocycles. The summed E-state index contributed by atoms with van der Waals surface area (Å²) in [7, 11) is 0. The third kappa shape index (κ3) is 6.70. The number of pyridine rings is 1. The predicted octanol–water partition coefficient (Wildman–Crippen LogP) is 1.98. The first kappa shape index (κ1) is 30.2. The van der Waals surface area contributed by atoms with Gasteiger partial charge in [0.05, 0.1) is 19.4 Å². The molecule has 41 heavy (non-hydrogen) atoms. The Labute approximate surface area is 263 Å². The van der Waals surface area contributed by atoms with Gasteiger partial charge in [-0.05, 0) is 84.4 Å². The van der Waals surface area contributed by atoms with Crippen molar-refractivity contribution in [3.05, 3.63) is 82.4 Å². The first-order chi connectivity index (χ1) is 19.4. The molecule has 8 heteroatoms. The fraction of sp³-hybridized carbons (Fsp3) is 0.455. The SMILES string of the molecule is Cc1cc(-c2ccc(C3CCc4ccc([C@H](C5CC5)[C@H](C)C(=O)[O-])cc4O3)cc2CN2CCOCC2)c(F)cn1.[Na+]. The van der Waals surface area contributed by atoms with Crippen molar-refractivity contribution in [1.29, 1.82) is 0 Å². The van der Waals surface area contributed by atoms with Crippen molar-refractivity contribution in [3.63, 3.8) is 0 Å². The fourth-order valence-electron chi connectivity index (χ4n) is 6.36. The molecular weight excluding hydrogens is 530 g/mol. The minimum absolute atomic E-state index is 0. The average Bonchev–Trinajstić information content (AvgIpc) is 3.80. The van der Waals surface area contributed by atoms with E-state index in [4.69, 9.17) is 9.47 Å². The molecule has 6 rings (SSSR count). The van der Waals surface area contributed by atoms with Gasteiger partial charge in [-0.3, -0.25) is 9.88 Å². The van der Waals surface area contributed by atoms with Crippen LogP contribution in [0.2, 0.25) is 0 Å². The number of halogens is 1. The normalized spacial score (nSPS) is 20.3. The van der Waals surface area contributed by atoms with E-state index in [1.165, 1.54) is 6.20 Å². The van der Waals surface area contributed by atoms with Crippen molar-refractivity contribution in [1.82, 2.24) is 9.88 Å². The van der Waals surface area contributed by atoms with Crippen molar-refractivity contribution < 1.29 is 53.3 Å². The Morgan fingerprint density at radius 3 is 2.61 bits per heavy atom. The molecule has 3 aromatic rings. The van der Waals surface area contributed by atoms with Gasteiger partial charge in [0.2, 0.25) is 0 Å². The topological polar surface area (TPSA) is 74.7 Å². The number of hydrogen-bond acceptors (Lipinski definition) is 6. The molecule has 2 fully saturated rings. The quantitative estimate of drug-likeness (QED) is 0.389. The minimum atomic E-state index is -0.998. The average molecular weight is 567 g/mol. The first-order valence-corrected chi connectivity index (χ1v) is 14.4. The van der Waals surface area contributed by atoms with Crippen LogP contribution < -0.4 is 39.4 Å². The zero-order valence-corrected chi connectivity index (χ0v) is 26.2. The number of carboxylic acids is 1. The van der Waals surface area contributed by atoms with E-state index in [0.717, 1.165) is 78.0 Å². The van der Waals surface area contributed by atoms with Crippen molar-refractivity contribution in [2.75, 3.05) is 26.3 Å². The van der Waals surface area contributed by atoms with Gasteiger partial charge in [-0.25, -0.2) is 4.39 Å². The number of fused-ring (bicyclic) bond motifs is 1. The van der Waals surface area contributed by atoms with E-state index in [1.807, 2.05) is 19.1 Å². The Hall–Kier alpha value is -2.29. The third-order valence-electron chi connectivity index (χ3n) is 8.74. The predicted molar refractivity (Wildman–Crippen MR) is 148 cm³/mol. The number of carboxylic acid groups (broad SMARTS) is 1. The number of carbonyl (C=O) groups is 1. The second kappa shape index (κ2) is 12.9. The van der Waals surface area contributed by atoms with Crippen LogP contribution in [0.3, 0.4) is 0 Å². The van der Waals surface area contributed by atoms with Crippen LogP contribution in [-0.2, 0) is 22.5 Å². The third-order valence-corrected chi connectivity index (χ3v) is 8.74. The van der Waals surface area contributed by atoms with Gasteiger partial charge in [-0.1, -0.05) is 37.3 Å². The standard InChI is InChI=1S/C33H37FN2O4.Na/c1-20-15-28(29(34)18-35-20)27-9-7-24(16-26(27)19-36-11-13-39-14-12-36)30-10-8-22-3-6-25(17-31(22)40-30)32(23-4-5-23)21(2)33(37)38;/h3,6-7,9,15-18,21,23,30,32H,4-5,8,10-14,19H2,1-2H3,(H,37,38);/q;+1/p-1/t21-,30?,32-;/m0./s1. The molecule has 0 spiro atoms. The van der Waals surface area contributed by atoms with Gasteiger partial charge in [0.1, 0.15) is 17.7 Å². The van der Waals surface area contributed by atoms with E-state index < -0.39 is 11.9 Å². The zero-order valence-electron chi connectivity index (χ0n) is 24.2. The van der Waals surface area contributed by atoms with Gasteiger partial charge in [-0.2, -0.15) is 0 Å². The maximum absolute atomic E-state index is 14.9. The number of aromatic nitrogens is 1. The van der Waals surface area contributed by atoms with E-state index in [0.29, 0.717) is 31.2 Å². The number of aryl methyl sites for hydroxylation is 2. The van der Waals surface area contributed by atoms with Crippen LogP contribution in [0, 0.1) is 24.6 Å². The minimum Gasteiger partial charge on any atom is -0.550 e. The second-order valence-corrected chi connectivity index (χ2v) is 11.6. The van der Waals surface area contributed by atoms with Crippen molar-refractivity contribution in [2.24, 2.45) is 11.8 Å². The van der Waals surface area contributed by atoms with Crippen molar-refractivity contribution in [2.45, 2.75) is 58.1 Å². The molecule has 3 atom stereocenters. The number of benzene rings is 2. The van der Waals surface area contributed by atoms with E-state index in [9.17, 15) is 14.3 Å². The molecular formula is C33H36FN2NaO4. The molecule has 0 radical (unpaired) electrons. The van der Waals surface area contributed by atoms with Crippen molar-refractivity contribution >= 4 is 5.97 Å². The molecule has 1 unspecified atom stereocenters. The number of nitrogens with zero attached hydrogens (tertiary/aromatic N) is 2. The van der Waals surface area contributed by atoms with E-state index in [-0.39, 0.29) is 47.4 Å². The molecule has 2 aliphatic heterocycles. The summed E-state index contributed by atoms with van der Waals surface area (Å²) in [5, 5.41) is 11.7. The summed E-state index contributed by atoms with van der Waals surface area (Å²) < 4.78 is 27.1. The first-order valence-electron chi connectivity index (χ1n) is 14.4. The molecule has 6 nitrogen and oxygen atoms in total. The number of carbonyl (C=O) groups excluding carboxylic acids is 1. The summed E-state index contributed by atoms with van der Waals surface area (Å²) in [6.07, 6.45) is 4.99. The Bertz CT molecular complexity index is 1410.